The van der Waals surface area contributed by atoms with Crippen molar-refractivity contribution in [1.82, 2.24) is 9.55 Å². The summed E-state index contributed by atoms with van der Waals surface area (Å²) in [6, 6.07) is 11.6. The van der Waals surface area contributed by atoms with E-state index >= 15 is 0 Å². The first kappa shape index (κ1) is 25.2. The van der Waals surface area contributed by atoms with Crippen LogP contribution in [0.2, 0.25) is 0 Å². The average molecular weight is 698 g/mol. The van der Waals surface area contributed by atoms with Gasteiger partial charge in [-0.15, -0.1) is 11.3 Å². The standard InChI is InChI=1S/C25H20Br3N3O2S2/c1-13-6-8-15(9-7-13)31-24(33)21-16-4-2-3-5-19(16)35-23(21)30-25(31)34-12-20(32)29-22-17(27)10-14(26)11-18(22)28/h6-11H,2-5,12H2,1H3,(H,29,32). The highest BCUT2D eigenvalue weighted by atomic mass is 79.9. The molecule has 0 radical (unpaired) electrons. The van der Waals surface area contributed by atoms with Gasteiger partial charge in [0.25, 0.3) is 5.56 Å². The zero-order valence-electron chi connectivity index (χ0n) is 18.7. The van der Waals surface area contributed by atoms with Crippen molar-refractivity contribution in [3.8, 4) is 5.69 Å². The predicted molar refractivity (Wildman–Crippen MR) is 155 cm³/mol. The lowest BCUT2D eigenvalue weighted by atomic mass is 9.97. The lowest BCUT2D eigenvalue weighted by Gasteiger charge is -2.14. The minimum atomic E-state index is -0.186. The van der Waals surface area contributed by atoms with Gasteiger partial charge in [0.15, 0.2) is 5.16 Å². The number of carbonyl (C=O) groups is 1. The quantitative estimate of drug-likeness (QED) is 0.172. The minimum Gasteiger partial charge on any atom is -0.323 e. The Balaban J connectivity index is 1.51. The number of carbonyl (C=O) groups excluding carboxylic acids is 1. The summed E-state index contributed by atoms with van der Waals surface area (Å²) in [5.74, 6) is -0.0712. The molecule has 0 atom stereocenters. The molecule has 0 bridgehead atoms. The molecule has 1 N–H and O–H groups in total. The number of nitrogens with one attached hydrogen (secondary N) is 1. The van der Waals surface area contributed by atoms with Gasteiger partial charge in [-0.3, -0.25) is 14.2 Å². The van der Waals surface area contributed by atoms with Crippen molar-refractivity contribution in [1.29, 1.82) is 0 Å². The fraction of sp³-hybridized carbons (Fsp3) is 0.240. The predicted octanol–water partition coefficient (Wildman–Crippen LogP) is 7.65. The van der Waals surface area contributed by atoms with Crippen LogP contribution in [0.1, 0.15) is 28.8 Å². The molecule has 1 aliphatic carbocycles. The van der Waals surface area contributed by atoms with Crippen molar-refractivity contribution in [2.24, 2.45) is 0 Å². The Hall–Kier alpha value is -1.46. The van der Waals surface area contributed by atoms with Crippen LogP contribution in [-0.2, 0) is 17.6 Å². The van der Waals surface area contributed by atoms with Gasteiger partial charge in [0.1, 0.15) is 4.83 Å². The number of halogens is 3. The van der Waals surface area contributed by atoms with E-state index in [1.54, 1.807) is 15.9 Å². The number of aromatic nitrogens is 2. The molecule has 10 heteroatoms. The molecule has 2 aromatic carbocycles. The van der Waals surface area contributed by atoms with Crippen LogP contribution in [0.15, 0.2) is 59.8 Å². The number of benzene rings is 2. The van der Waals surface area contributed by atoms with Crippen molar-refractivity contribution in [2.75, 3.05) is 11.1 Å². The number of anilines is 1. The minimum absolute atomic E-state index is 0.0560. The van der Waals surface area contributed by atoms with E-state index in [1.165, 1.54) is 16.6 Å². The SMILES string of the molecule is Cc1ccc(-n2c(SCC(=O)Nc3c(Br)cc(Br)cc3Br)nc3sc4c(c3c2=O)CCCC4)cc1. The zero-order valence-corrected chi connectivity index (χ0v) is 25.1. The van der Waals surface area contributed by atoms with Gasteiger partial charge in [-0.1, -0.05) is 45.4 Å². The summed E-state index contributed by atoms with van der Waals surface area (Å²) in [5, 5.41) is 4.21. The molecule has 5 rings (SSSR count). The lowest BCUT2D eigenvalue weighted by Crippen LogP contribution is -2.23. The molecule has 1 amide bonds. The number of thioether (sulfide) groups is 1. The second-order valence-corrected chi connectivity index (χ2v) is 13.0. The van der Waals surface area contributed by atoms with Crippen molar-refractivity contribution in [3.05, 3.63) is 76.2 Å². The lowest BCUT2D eigenvalue weighted by molar-refractivity contribution is -0.113. The number of hydrogen-bond acceptors (Lipinski definition) is 5. The van der Waals surface area contributed by atoms with Crippen LogP contribution in [0.5, 0.6) is 0 Å². The first-order valence-corrected chi connectivity index (χ1v) is 15.2. The van der Waals surface area contributed by atoms with E-state index in [4.69, 9.17) is 4.98 Å². The van der Waals surface area contributed by atoms with Gasteiger partial charge in [-0.05, 0) is 94.3 Å². The summed E-state index contributed by atoms with van der Waals surface area (Å²) in [6.45, 7) is 2.02. The maximum Gasteiger partial charge on any atom is 0.267 e. The number of hydrogen-bond donors (Lipinski definition) is 1. The first-order valence-electron chi connectivity index (χ1n) is 11.0. The van der Waals surface area contributed by atoms with Crippen LogP contribution >= 0.6 is 70.9 Å². The maximum atomic E-state index is 13.8. The van der Waals surface area contributed by atoms with E-state index in [1.807, 2.05) is 43.3 Å². The van der Waals surface area contributed by atoms with E-state index in [9.17, 15) is 9.59 Å². The van der Waals surface area contributed by atoms with Crippen LogP contribution in [0, 0.1) is 6.92 Å². The molecule has 2 aromatic heterocycles. The van der Waals surface area contributed by atoms with Gasteiger partial charge in [-0.25, -0.2) is 4.98 Å². The van der Waals surface area contributed by atoms with Crippen molar-refractivity contribution >= 4 is 92.7 Å². The van der Waals surface area contributed by atoms with E-state index in [-0.39, 0.29) is 17.2 Å². The maximum absolute atomic E-state index is 13.8. The van der Waals surface area contributed by atoms with Gasteiger partial charge in [-0.2, -0.15) is 0 Å². The Bertz CT molecular complexity index is 1490. The Kier molecular flexibility index (Phi) is 7.56. The van der Waals surface area contributed by atoms with Crippen molar-refractivity contribution in [3.63, 3.8) is 0 Å². The summed E-state index contributed by atoms with van der Waals surface area (Å²) < 4.78 is 4.07. The molecule has 180 valence electrons. The molecule has 0 unspecified atom stereocenters. The Morgan fingerprint density at radius 2 is 1.80 bits per heavy atom. The molecule has 0 fully saturated rings. The summed E-state index contributed by atoms with van der Waals surface area (Å²) in [7, 11) is 0. The average Bonchev–Trinajstić information content (AvgIpc) is 3.19. The smallest absolute Gasteiger partial charge is 0.267 e. The summed E-state index contributed by atoms with van der Waals surface area (Å²) >= 11 is 13.3. The number of amides is 1. The van der Waals surface area contributed by atoms with Gasteiger partial charge < -0.3 is 5.32 Å². The van der Waals surface area contributed by atoms with Crippen molar-refractivity contribution < 1.29 is 4.79 Å². The number of thiophene rings is 1. The van der Waals surface area contributed by atoms with Gasteiger partial charge in [0.2, 0.25) is 5.91 Å². The third-order valence-corrected chi connectivity index (χ3v) is 9.69. The third-order valence-electron chi connectivity index (χ3n) is 5.85. The molecule has 0 saturated carbocycles. The molecule has 5 nitrogen and oxygen atoms in total. The molecular formula is C25H20Br3N3O2S2. The van der Waals surface area contributed by atoms with Gasteiger partial charge in [0, 0.05) is 18.3 Å². The fourth-order valence-electron chi connectivity index (χ4n) is 4.17. The second kappa shape index (κ2) is 10.5. The molecule has 1 aliphatic rings. The fourth-order valence-corrected chi connectivity index (χ4v) is 8.74. The monoisotopic (exact) mass is 695 g/mol. The Morgan fingerprint density at radius 3 is 2.51 bits per heavy atom. The van der Waals surface area contributed by atoms with Gasteiger partial charge in [0.05, 0.1) is 22.5 Å². The van der Waals surface area contributed by atoms with Crippen LogP contribution in [0.3, 0.4) is 0 Å². The first-order chi connectivity index (χ1) is 16.8. The van der Waals surface area contributed by atoms with Crippen LogP contribution in [0.4, 0.5) is 5.69 Å². The number of nitrogens with zero attached hydrogens (tertiary/aromatic N) is 2. The highest BCUT2D eigenvalue weighted by Crippen LogP contribution is 2.36. The molecule has 35 heavy (non-hydrogen) atoms. The van der Waals surface area contributed by atoms with E-state index in [2.05, 4.69) is 53.1 Å². The van der Waals surface area contributed by atoms with Crippen LogP contribution in [-0.4, -0.2) is 21.2 Å². The molecule has 2 heterocycles. The number of aryl methyl sites for hydroxylation is 3. The molecule has 0 aliphatic heterocycles. The third kappa shape index (κ3) is 5.18. The van der Waals surface area contributed by atoms with Gasteiger partial charge >= 0.3 is 0 Å². The molecule has 0 spiro atoms. The summed E-state index contributed by atoms with van der Waals surface area (Å²) in [5.41, 5.74) is 3.63. The highest BCUT2D eigenvalue weighted by Gasteiger charge is 2.23. The molecule has 0 saturated heterocycles. The topological polar surface area (TPSA) is 64.0 Å². The van der Waals surface area contributed by atoms with E-state index in [0.717, 1.165) is 66.1 Å². The second-order valence-electron chi connectivity index (χ2n) is 8.34. The van der Waals surface area contributed by atoms with E-state index < -0.39 is 0 Å². The number of rotatable bonds is 5. The molecule has 4 aromatic rings. The van der Waals surface area contributed by atoms with E-state index in [0.29, 0.717) is 10.8 Å². The summed E-state index contributed by atoms with van der Waals surface area (Å²) in [6.07, 6.45) is 4.17. The summed E-state index contributed by atoms with van der Waals surface area (Å²) in [4.78, 5) is 33.7. The Morgan fingerprint density at radius 1 is 1.11 bits per heavy atom. The highest BCUT2D eigenvalue weighted by molar-refractivity contribution is 9.11. The number of fused-ring (bicyclic) bond motifs is 3. The van der Waals surface area contributed by atoms with Crippen LogP contribution < -0.4 is 10.9 Å². The normalized spacial score (nSPS) is 13.1. The molecular weight excluding hydrogens is 678 g/mol. The van der Waals surface area contributed by atoms with Crippen LogP contribution in [0.25, 0.3) is 15.9 Å². The zero-order chi connectivity index (χ0) is 24.7. The van der Waals surface area contributed by atoms with Crippen molar-refractivity contribution in [2.45, 2.75) is 37.8 Å². The largest absolute Gasteiger partial charge is 0.323 e. The Labute approximate surface area is 236 Å².